The summed E-state index contributed by atoms with van der Waals surface area (Å²) in [5.41, 5.74) is 0.841. The second kappa shape index (κ2) is 6.82. The second-order valence-electron chi connectivity index (χ2n) is 5.37. The molecule has 1 atom stereocenters. The zero-order valence-electron chi connectivity index (χ0n) is 12.2. The van der Waals surface area contributed by atoms with Crippen LogP contribution >= 0.6 is 11.6 Å². The molecule has 2 saturated heterocycles. The maximum Gasteiger partial charge on any atom is 0.282 e. The molecule has 2 aliphatic heterocycles. The molecule has 0 saturated carbocycles. The van der Waals surface area contributed by atoms with E-state index in [0.717, 1.165) is 5.56 Å². The molecule has 8 heteroatoms. The summed E-state index contributed by atoms with van der Waals surface area (Å²) >= 11 is 6.28. The molecule has 6 nitrogen and oxygen atoms in total. The van der Waals surface area contributed by atoms with Crippen molar-refractivity contribution in [2.24, 2.45) is 0 Å². The van der Waals surface area contributed by atoms with Crippen LogP contribution in [0.3, 0.4) is 0 Å². The van der Waals surface area contributed by atoms with Crippen LogP contribution in [-0.2, 0) is 14.9 Å². The molecule has 3 rings (SSSR count). The van der Waals surface area contributed by atoms with E-state index in [1.807, 2.05) is 18.2 Å². The highest BCUT2D eigenvalue weighted by Crippen LogP contribution is 2.31. The van der Waals surface area contributed by atoms with Crippen molar-refractivity contribution in [3.8, 4) is 0 Å². The van der Waals surface area contributed by atoms with Crippen LogP contribution in [0.5, 0.6) is 0 Å². The predicted molar refractivity (Wildman–Crippen MR) is 85.1 cm³/mol. The monoisotopic (exact) mass is 345 g/mol. The van der Waals surface area contributed by atoms with E-state index in [0.29, 0.717) is 51.0 Å². The molecule has 0 amide bonds. The molecule has 2 heterocycles. The normalized spacial score (nSPS) is 25.2. The molecule has 22 heavy (non-hydrogen) atoms. The molecule has 2 aliphatic rings. The molecule has 122 valence electrons. The third-order valence-corrected chi connectivity index (χ3v) is 6.44. The van der Waals surface area contributed by atoms with Gasteiger partial charge in [-0.1, -0.05) is 29.8 Å². The summed E-state index contributed by atoms with van der Waals surface area (Å²) in [6.07, 6.45) is 0. The molecular weight excluding hydrogens is 326 g/mol. The van der Waals surface area contributed by atoms with E-state index < -0.39 is 10.2 Å². The average molecular weight is 346 g/mol. The van der Waals surface area contributed by atoms with Gasteiger partial charge in [-0.15, -0.1) is 0 Å². The number of rotatable bonds is 3. The Morgan fingerprint density at radius 1 is 1.18 bits per heavy atom. The van der Waals surface area contributed by atoms with Gasteiger partial charge < -0.3 is 10.1 Å². The van der Waals surface area contributed by atoms with E-state index in [1.54, 1.807) is 10.4 Å². The Bertz CT molecular complexity index is 620. The van der Waals surface area contributed by atoms with E-state index in [1.165, 1.54) is 4.31 Å². The van der Waals surface area contributed by atoms with E-state index >= 15 is 0 Å². The first-order valence-corrected chi connectivity index (χ1v) is 9.18. The van der Waals surface area contributed by atoms with E-state index in [-0.39, 0.29) is 6.04 Å². The Hall–Kier alpha value is -0.700. The lowest BCUT2D eigenvalue weighted by atomic mass is 10.1. The molecule has 1 unspecified atom stereocenters. The van der Waals surface area contributed by atoms with Crippen LogP contribution in [0.1, 0.15) is 11.6 Å². The van der Waals surface area contributed by atoms with Gasteiger partial charge in [-0.2, -0.15) is 17.0 Å². The fraction of sp³-hybridized carbons (Fsp3) is 0.571. The zero-order chi connectivity index (χ0) is 15.6. The predicted octanol–water partition coefficient (Wildman–Crippen LogP) is 0.863. The van der Waals surface area contributed by atoms with Gasteiger partial charge >= 0.3 is 0 Å². The van der Waals surface area contributed by atoms with Crippen LogP contribution < -0.4 is 5.32 Å². The van der Waals surface area contributed by atoms with Crippen molar-refractivity contribution < 1.29 is 13.2 Å². The topological polar surface area (TPSA) is 61.9 Å². The lowest BCUT2D eigenvalue weighted by Gasteiger charge is -2.39. The zero-order valence-corrected chi connectivity index (χ0v) is 13.8. The fourth-order valence-electron chi connectivity index (χ4n) is 2.90. The summed E-state index contributed by atoms with van der Waals surface area (Å²) in [4.78, 5) is 0. The number of hydrogen-bond acceptors (Lipinski definition) is 4. The van der Waals surface area contributed by atoms with Crippen molar-refractivity contribution >= 4 is 21.8 Å². The Morgan fingerprint density at radius 3 is 2.64 bits per heavy atom. The van der Waals surface area contributed by atoms with E-state index in [9.17, 15) is 8.42 Å². The summed E-state index contributed by atoms with van der Waals surface area (Å²) < 4.78 is 34.2. The Kier molecular flexibility index (Phi) is 5.01. The number of piperazine rings is 1. The number of morpholine rings is 1. The summed E-state index contributed by atoms with van der Waals surface area (Å²) in [5.74, 6) is 0. The van der Waals surface area contributed by atoms with Gasteiger partial charge in [0.15, 0.2) is 0 Å². The van der Waals surface area contributed by atoms with Crippen LogP contribution in [0, 0.1) is 0 Å². The summed E-state index contributed by atoms with van der Waals surface area (Å²) in [6, 6.07) is 7.14. The maximum atomic E-state index is 13.0. The molecule has 0 aromatic heterocycles. The summed E-state index contributed by atoms with van der Waals surface area (Å²) in [6.45, 7) is 3.35. The quantitative estimate of drug-likeness (QED) is 0.882. The first-order chi connectivity index (χ1) is 10.6. The van der Waals surface area contributed by atoms with Crippen LogP contribution in [-0.4, -0.2) is 63.0 Å². The van der Waals surface area contributed by atoms with Crippen molar-refractivity contribution in [2.75, 3.05) is 45.9 Å². The highest BCUT2D eigenvalue weighted by molar-refractivity contribution is 7.86. The molecule has 1 aromatic rings. The number of halogens is 1. The Labute approximate surface area is 136 Å². The summed E-state index contributed by atoms with van der Waals surface area (Å²) in [5, 5.41) is 3.85. The third kappa shape index (κ3) is 3.15. The van der Waals surface area contributed by atoms with Gasteiger partial charge in [0.2, 0.25) is 0 Å². The van der Waals surface area contributed by atoms with Gasteiger partial charge in [0.25, 0.3) is 10.2 Å². The third-order valence-electron chi connectivity index (χ3n) is 4.05. The van der Waals surface area contributed by atoms with Gasteiger partial charge in [0.1, 0.15) is 0 Å². The largest absolute Gasteiger partial charge is 0.379 e. The van der Waals surface area contributed by atoms with Crippen molar-refractivity contribution in [1.29, 1.82) is 0 Å². The first kappa shape index (κ1) is 16.2. The minimum absolute atomic E-state index is 0.282. The molecule has 1 N–H and O–H groups in total. The molecule has 1 aromatic carbocycles. The number of nitrogens with zero attached hydrogens (tertiary/aromatic N) is 2. The highest BCUT2D eigenvalue weighted by Gasteiger charge is 2.38. The number of ether oxygens (including phenoxy) is 1. The van der Waals surface area contributed by atoms with Gasteiger partial charge in [0.05, 0.1) is 19.3 Å². The molecule has 0 aliphatic carbocycles. The standard InChI is InChI=1S/C14H20ClN3O3S/c15-13-4-2-1-3-12(13)14-11-16-5-6-18(14)22(19,20)17-7-9-21-10-8-17/h1-4,14,16H,5-11H2. The van der Waals surface area contributed by atoms with Crippen molar-refractivity contribution in [1.82, 2.24) is 13.9 Å². The van der Waals surface area contributed by atoms with E-state index in [2.05, 4.69) is 5.32 Å². The van der Waals surface area contributed by atoms with Crippen molar-refractivity contribution in [2.45, 2.75) is 6.04 Å². The number of hydrogen-bond donors (Lipinski definition) is 1. The van der Waals surface area contributed by atoms with E-state index in [4.69, 9.17) is 16.3 Å². The van der Waals surface area contributed by atoms with Gasteiger partial charge in [0, 0.05) is 37.7 Å². The minimum atomic E-state index is -3.51. The highest BCUT2D eigenvalue weighted by atomic mass is 35.5. The number of nitrogens with one attached hydrogen (secondary N) is 1. The fourth-order valence-corrected chi connectivity index (χ4v) is 4.90. The van der Waals surface area contributed by atoms with Crippen molar-refractivity contribution in [3.05, 3.63) is 34.9 Å². The maximum absolute atomic E-state index is 13.0. The van der Waals surface area contributed by atoms with Crippen LogP contribution in [0.25, 0.3) is 0 Å². The van der Waals surface area contributed by atoms with Gasteiger partial charge in [-0.3, -0.25) is 0 Å². The molecule has 0 bridgehead atoms. The first-order valence-electron chi connectivity index (χ1n) is 7.40. The lowest BCUT2D eigenvalue weighted by Crippen LogP contribution is -2.55. The van der Waals surface area contributed by atoms with Gasteiger partial charge in [-0.25, -0.2) is 0 Å². The van der Waals surface area contributed by atoms with Gasteiger partial charge in [-0.05, 0) is 11.6 Å². The minimum Gasteiger partial charge on any atom is -0.379 e. The van der Waals surface area contributed by atoms with Crippen molar-refractivity contribution in [3.63, 3.8) is 0 Å². The van der Waals surface area contributed by atoms with Crippen LogP contribution in [0.15, 0.2) is 24.3 Å². The molecular formula is C14H20ClN3O3S. The molecule has 0 radical (unpaired) electrons. The molecule has 0 spiro atoms. The SMILES string of the molecule is O=S(=O)(N1CCOCC1)N1CCNCC1c1ccccc1Cl. The lowest BCUT2D eigenvalue weighted by molar-refractivity contribution is 0.0685. The van der Waals surface area contributed by atoms with Crippen LogP contribution in [0.2, 0.25) is 5.02 Å². The average Bonchev–Trinajstić information content (AvgIpc) is 2.56. The second-order valence-corrected chi connectivity index (χ2v) is 7.66. The number of benzene rings is 1. The molecule has 2 fully saturated rings. The smallest absolute Gasteiger partial charge is 0.282 e. The Morgan fingerprint density at radius 2 is 1.91 bits per heavy atom. The summed E-state index contributed by atoms with van der Waals surface area (Å²) in [7, 11) is -3.51. The Balaban J connectivity index is 1.91. The van der Waals surface area contributed by atoms with Crippen LogP contribution in [0.4, 0.5) is 0 Å².